The molecule has 7 heteroatoms. The van der Waals surface area contributed by atoms with Crippen molar-refractivity contribution in [2.75, 3.05) is 0 Å². The number of rotatable bonds is 5. The molecule has 3 rings (SSSR count). The fourth-order valence-electron chi connectivity index (χ4n) is 3.11. The first-order chi connectivity index (χ1) is 14.0. The highest BCUT2D eigenvalue weighted by atomic mass is 16.7. The third-order valence-corrected chi connectivity index (χ3v) is 5.60. The average Bonchev–Trinajstić information content (AvgIpc) is 2.92. The van der Waals surface area contributed by atoms with Crippen molar-refractivity contribution >= 4 is 30.0 Å². The van der Waals surface area contributed by atoms with E-state index in [0.29, 0.717) is 22.4 Å². The van der Waals surface area contributed by atoms with E-state index in [-0.39, 0.29) is 12.4 Å². The van der Waals surface area contributed by atoms with Gasteiger partial charge >= 0.3 is 13.1 Å². The standard InChI is InChI=1S/C23H24BNO5/c1-15(26)28-14-18-13-17(21(27)16-7-10-19(25-6)11-8-16)9-12-20(18)24-29-22(2,3)23(4,5)30-24/h7-13H,14H2,1-5H3. The monoisotopic (exact) mass is 405 g/mol. The number of esters is 1. The highest BCUT2D eigenvalue weighted by molar-refractivity contribution is 6.62. The predicted octanol–water partition coefficient (Wildman–Crippen LogP) is 3.83. The first-order valence-corrected chi connectivity index (χ1v) is 9.68. The Hall–Kier alpha value is -2.95. The van der Waals surface area contributed by atoms with Crippen LogP contribution in [0.15, 0.2) is 42.5 Å². The van der Waals surface area contributed by atoms with E-state index in [1.54, 1.807) is 42.5 Å². The number of carbonyl (C=O) groups excluding carboxylic acids is 2. The normalized spacial score (nSPS) is 16.7. The molecule has 0 atom stereocenters. The van der Waals surface area contributed by atoms with Crippen molar-refractivity contribution in [2.45, 2.75) is 52.4 Å². The summed E-state index contributed by atoms with van der Waals surface area (Å²) in [5.74, 6) is -0.600. The minimum atomic E-state index is -0.636. The molecule has 1 aliphatic rings. The fourth-order valence-corrected chi connectivity index (χ4v) is 3.11. The van der Waals surface area contributed by atoms with Crippen molar-refractivity contribution < 1.29 is 23.6 Å². The Labute approximate surface area is 177 Å². The molecular formula is C23H24BNO5. The molecule has 0 aromatic heterocycles. The number of nitrogens with zero attached hydrogens (tertiary/aromatic N) is 1. The summed E-state index contributed by atoms with van der Waals surface area (Å²) < 4.78 is 17.5. The maximum absolute atomic E-state index is 12.9. The van der Waals surface area contributed by atoms with E-state index in [9.17, 15) is 9.59 Å². The molecule has 0 unspecified atom stereocenters. The van der Waals surface area contributed by atoms with Gasteiger partial charge in [0.05, 0.1) is 17.8 Å². The zero-order chi connectivity index (χ0) is 22.1. The number of hydrogen-bond acceptors (Lipinski definition) is 5. The number of ketones is 1. The highest BCUT2D eigenvalue weighted by Crippen LogP contribution is 2.36. The summed E-state index contributed by atoms with van der Waals surface area (Å²) in [5.41, 5.74) is 1.72. The number of carbonyl (C=O) groups is 2. The van der Waals surface area contributed by atoms with Gasteiger partial charge in [0.2, 0.25) is 0 Å². The molecule has 0 amide bonds. The quantitative estimate of drug-likeness (QED) is 0.327. The Morgan fingerprint density at radius 3 is 2.10 bits per heavy atom. The van der Waals surface area contributed by atoms with Gasteiger partial charge in [0.25, 0.3) is 0 Å². The molecule has 1 fully saturated rings. The SMILES string of the molecule is [C-]#[N+]c1ccc(C(=O)c2ccc(B3OC(C)(C)C(C)(C)O3)c(COC(C)=O)c2)cc1. The largest absolute Gasteiger partial charge is 0.495 e. The third kappa shape index (κ3) is 4.30. The molecule has 1 heterocycles. The highest BCUT2D eigenvalue weighted by Gasteiger charge is 2.52. The molecule has 1 aliphatic heterocycles. The summed E-state index contributed by atoms with van der Waals surface area (Å²) >= 11 is 0. The van der Waals surface area contributed by atoms with E-state index < -0.39 is 24.3 Å². The maximum atomic E-state index is 12.9. The van der Waals surface area contributed by atoms with Crippen LogP contribution in [0.3, 0.4) is 0 Å². The minimum Gasteiger partial charge on any atom is -0.461 e. The smallest absolute Gasteiger partial charge is 0.461 e. The maximum Gasteiger partial charge on any atom is 0.495 e. The van der Waals surface area contributed by atoms with Gasteiger partial charge in [0.15, 0.2) is 11.5 Å². The molecule has 2 aromatic carbocycles. The summed E-state index contributed by atoms with van der Waals surface area (Å²) in [7, 11) is -0.636. The summed E-state index contributed by atoms with van der Waals surface area (Å²) in [4.78, 5) is 27.6. The van der Waals surface area contributed by atoms with Gasteiger partial charge in [0.1, 0.15) is 6.61 Å². The Kier molecular flexibility index (Phi) is 5.84. The second kappa shape index (κ2) is 8.06. The number of benzene rings is 2. The van der Waals surface area contributed by atoms with Crippen molar-refractivity contribution in [2.24, 2.45) is 0 Å². The Morgan fingerprint density at radius 1 is 1.00 bits per heavy atom. The van der Waals surface area contributed by atoms with E-state index >= 15 is 0 Å². The van der Waals surface area contributed by atoms with E-state index in [0.717, 1.165) is 5.46 Å². The number of ether oxygens (including phenoxy) is 1. The first-order valence-electron chi connectivity index (χ1n) is 9.68. The van der Waals surface area contributed by atoms with Crippen molar-refractivity contribution in [1.29, 1.82) is 0 Å². The zero-order valence-corrected chi connectivity index (χ0v) is 17.8. The second-order valence-electron chi connectivity index (χ2n) is 8.27. The topological polar surface area (TPSA) is 66.2 Å². The molecule has 0 aliphatic carbocycles. The molecule has 6 nitrogen and oxygen atoms in total. The van der Waals surface area contributed by atoms with Gasteiger partial charge in [-0.2, -0.15) is 0 Å². The van der Waals surface area contributed by atoms with Crippen LogP contribution in [0.5, 0.6) is 0 Å². The molecular weight excluding hydrogens is 381 g/mol. The fraction of sp³-hybridized carbons (Fsp3) is 0.348. The summed E-state index contributed by atoms with van der Waals surface area (Å²) in [5, 5.41) is 0. The summed E-state index contributed by atoms with van der Waals surface area (Å²) in [6, 6.07) is 11.7. The van der Waals surface area contributed by atoms with Gasteiger partial charge in [-0.25, -0.2) is 4.85 Å². The van der Waals surface area contributed by atoms with Crippen LogP contribution in [-0.2, 0) is 25.4 Å². The Morgan fingerprint density at radius 2 is 1.57 bits per heavy atom. The van der Waals surface area contributed by atoms with Crippen LogP contribution in [0.25, 0.3) is 4.85 Å². The van der Waals surface area contributed by atoms with Gasteiger partial charge in [-0.15, -0.1) is 0 Å². The van der Waals surface area contributed by atoms with E-state index in [1.165, 1.54) is 6.92 Å². The molecule has 2 aromatic rings. The molecule has 0 saturated carbocycles. The second-order valence-corrected chi connectivity index (χ2v) is 8.27. The van der Waals surface area contributed by atoms with E-state index in [2.05, 4.69) is 4.85 Å². The Bertz CT molecular complexity index is 1000. The molecule has 0 radical (unpaired) electrons. The number of hydrogen-bond donors (Lipinski definition) is 0. The van der Waals surface area contributed by atoms with Crippen molar-refractivity contribution in [3.05, 3.63) is 70.6 Å². The van der Waals surface area contributed by atoms with Crippen LogP contribution in [0, 0.1) is 6.57 Å². The molecule has 0 spiro atoms. The van der Waals surface area contributed by atoms with Crippen molar-refractivity contribution in [3.8, 4) is 0 Å². The molecule has 0 bridgehead atoms. The molecule has 0 N–H and O–H groups in total. The first kappa shape index (κ1) is 21.8. The molecule has 1 saturated heterocycles. The minimum absolute atomic E-state index is 0.00647. The van der Waals surface area contributed by atoms with Crippen LogP contribution in [-0.4, -0.2) is 30.1 Å². The van der Waals surface area contributed by atoms with Crippen molar-refractivity contribution in [1.82, 2.24) is 0 Å². The Balaban J connectivity index is 1.96. The lowest BCUT2D eigenvalue weighted by Gasteiger charge is -2.32. The summed E-state index contributed by atoms with van der Waals surface area (Å²) in [6.45, 7) is 16.2. The van der Waals surface area contributed by atoms with Crippen LogP contribution >= 0.6 is 0 Å². The van der Waals surface area contributed by atoms with Crippen LogP contribution in [0.4, 0.5) is 5.69 Å². The average molecular weight is 405 g/mol. The summed E-state index contributed by atoms with van der Waals surface area (Å²) in [6.07, 6.45) is 0. The molecule has 30 heavy (non-hydrogen) atoms. The zero-order valence-electron chi connectivity index (χ0n) is 17.8. The lowest BCUT2D eigenvalue weighted by Crippen LogP contribution is -2.41. The van der Waals surface area contributed by atoms with Gasteiger partial charge < -0.3 is 14.0 Å². The third-order valence-electron chi connectivity index (χ3n) is 5.60. The van der Waals surface area contributed by atoms with E-state index in [4.69, 9.17) is 20.6 Å². The lowest BCUT2D eigenvalue weighted by atomic mass is 9.75. The van der Waals surface area contributed by atoms with Gasteiger partial charge in [-0.05, 0) is 44.8 Å². The molecule has 154 valence electrons. The van der Waals surface area contributed by atoms with Gasteiger partial charge in [-0.1, -0.05) is 36.4 Å². The van der Waals surface area contributed by atoms with Crippen LogP contribution < -0.4 is 5.46 Å². The lowest BCUT2D eigenvalue weighted by molar-refractivity contribution is -0.142. The predicted molar refractivity (Wildman–Crippen MR) is 114 cm³/mol. The van der Waals surface area contributed by atoms with Gasteiger partial charge in [-0.3, -0.25) is 9.59 Å². The van der Waals surface area contributed by atoms with Crippen molar-refractivity contribution in [3.63, 3.8) is 0 Å². The van der Waals surface area contributed by atoms with E-state index in [1.807, 2.05) is 27.7 Å². The van der Waals surface area contributed by atoms with Gasteiger partial charge in [0, 0.05) is 18.1 Å². The van der Waals surface area contributed by atoms with Crippen LogP contribution in [0.2, 0.25) is 0 Å². The van der Waals surface area contributed by atoms with Crippen LogP contribution in [0.1, 0.15) is 56.1 Å².